The normalized spacial score (nSPS) is 13.2. The van der Waals surface area contributed by atoms with Gasteiger partial charge in [-0.3, -0.25) is 5.43 Å². The number of nitrogens with one attached hydrogen (secondary N) is 1. The fraction of sp³-hybridized carbons (Fsp3) is 0.316. The van der Waals surface area contributed by atoms with Crippen molar-refractivity contribution in [3.8, 4) is 11.8 Å². The minimum Gasteiger partial charge on any atom is -0.493 e. The summed E-state index contributed by atoms with van der Waals surface area (Å²) in [5.74, 6) is 1.39. The Bertz CT molecular complexity index is 840. The van der Waals surface area contributed by atoms with E-state index >= 15 is 0 Å². The molecule has 3 rings (SSSR count). The van der Waals surface area contributed by atoms with Crippen LogP contribution in [0.3, 0.4) is 0 Å². The Morgan fingerprint density at radius 3 is 3.12 bits per heavy atom. The number of hydrazone groups is 1. The second kappa shape index (κ2) is 7.77. The Balaban J connectivity index is 1.79. The third-order valence-electron chi connectivity index (χ3n) is 3.96. The first-order chi connectivity index (χ1) is 12.2. The summed E-state index contributed by atoms with van der Waals surface area (Å²) < 4.78 is 10.8. The molecule has 1 aromatic carbocycles. The van der Waals surface area contributed by atoms with Gasteiger partial charge in [-0.15, -0.1) is 0 Å². The van der Waals surface area contributed by atoms with Gasteiger partial charge in [-0.25, -0.2) is 4.98 Å². The Morgan fingerprint density at radius 2 is 2.32 bits per heavy atom. The molecule has 0 atom stereocenters. The van der Waals surface area contributed by atoms with Crippen molar-refractivity contribution in [1.29, 1.82) is 5.26 Å². The minimum atomic E-state index is 0.357. The summed E-state index contributed by atoms with van der Waals surface area (Å²) in [4.78, 5) is 4.37. The van der Waals surface area contributed by atoms with Gasteiger partial charge in [-0.2, -0.15) is 10.4 Å². The number of fused-ring (bicyclic) bond motifs is 1. The van der Waals surface area contributed by atoms with E-state index in [0.29, 0.717) is 18.0 Å². The van der Waals surface area contributed by atoms with Crippen LogP contribution in [0.2, 0.25) is 0 Å². The molecule has 0 saturated heterocycles. The number of hydrogen-bond donors (Lipinski definition) is 1. The van der Waals surface area contributed by atoms with Gasteiger partial charge in [0.15, 0.2) is 5.82 Å². The first-order valence-corrected chi connectivity index (χ1v) is 8.15. The number of nitriles is 1. The fourth-order valence-electron chi connectivity index (χ4n) is 2.84. The molecule has 0 spiro atoms. The second-order valence-corrected chi connectivity index (χ2v) is 5.88. The zero-order chi connectivity index (χ0) is 17.6. The topological polar surface area (TPSA) is 79.5 Å². The summed E-state index contributed by atoms with van der Waals surface area (Å²) in [7, 11) is 1.60. The summed E-state index contributed by atoms with van der Waals surface area (Å²) in [5, 5.41) is 13.7. The van der Waals surface area contributed by atoms with Crippen molar-refractivity contribution in [2.45, 2.75) is 26.4 Å². The van der Waals surface area contributed by atoms with Gasteiger partial charge in [0.1, 0.15) is 17.4 Å². The van der Waals surface area contributed by atoms with Gasteiger partial charge in [0, 0.05) is 18.4 Å². The lowest BCUT2D eigenvalue weighted by Gasteiger charge is -2.17. The van der Waals surface area contributed by atoms with Crippen LogP contribution >= 0.6 is 0 Å². The number of rotatable bonds is 5. The van der Waals surface area contributed by atoms with E-state index < -0.39 is 0 Å². The van der Waals surface area contributed by atoms with Crippen molar-refractivity contribution < 1.29 is 9.47 Å². The molecule has 128 valence electrons. The van der Waals surface area contributed by atoms with Crippen molar-refractivity contribution in [3.05, 3.63) is 52.2 Å². The standard InChI is InChI=1S/C19H20N4O2/c1-13-8-16(12-24-2)17(10-20)19(22-13)23-21-11-14-5-6-18-15(9-14)4-3-7-25-18/h5-6,8-9,11H,3-4,7,12H2,1-2H3,(H,22,23)/b21-11-. The molecule has 0 unspecified atom stereocenters. The van der Waals surface area contributed by atoms with E-state index in [1.807, 2.05) is 25.1 Å². The number of anilines is 1. The van der Waals surface area contributed by atoms with Gasteiger partial charge in [0.2, 0.25) is 0 Å². The van der Waals surface area contributed by atoms with E-state index in [0.717, 1.165) is 42.0 Å². The maximum Gasteiger partial charge on any atom is 0.164 e. The molecule has 1 N–H and O–H groups in total. The minimum absolute atomic E-state index is 0.357. The molecular formula is C19H20N4O2. The average molecular weight is 336 g/mol. The molecular weight excluding hydrogens is 316 g/mol. The highest BCUT2D eigenvalue weighted by Crippen LogP contribution is 2.25. The number of pyridine rings is 1. The molecule has 1 aliphatic rings. The van der Waals surface area contributed by atoms with Crippen LogP contribution in [0.1, 0.15) is 34.4 Å². The van der Waals surface area contributed by atoms with E-state index in [2.05, 4.69) is 27.6 Å². The van der Waals surface area contributed by atoms with Crippen LogP contribution in [-0.4, -0.2) is 24.9 Å². The van der Waals surface area contributed by atoms with Crippen LogP contribution in [0.5, 0.6) is 5.75 Å². The molecule has 0 amide bonds. The number of aryl methyl sites for hydroxylation is 2. The third kappa shape index (κ3) is 3.95. The molecule has 0 saturated carbocycles. The number of methoxy groups -OCH3 is 1. The predicted molar refractivity (Wildman–Crippen MR) is 95.9 cm³/mol. The molecule has 0 bridgehead atoms. The lowest BCUT2D eigenvalue weighted by molar-refractivity contribution is 0.184. The number of aromatic nitrogens is 1. The van der Waals surface area contributed by atoms with Crippen LogP contribution in [0.25, 0.3) is 0 Å². The lowest BCUT2D eigenvalue weighted by Crippen LogP contribution is -2.08. The van der Waals surface area contributed by atoms with E-state index in [1.165, 1.54) is 5.56 Å². The van der Waals surface area contributed by atoms with Gasteiger partial charge in [0.25, 0.3) is 0 Å². The van der Waals surface area contributed by atoms with Crippen LogP contribution in [0, 0.1) is 18.3 Å². The average Bonchev–Trinajstić information content (AvgIpc) is 2.62. The van der Waals surface area contributed by atoms with Crippen molar-refractivity contribution >= 4 is 12.0 Å². The Hall–Kier alpha value is -2.91. The van der Waals surface area contributed by atoms with Gasteiger partial charge in [-0.05, 0) is 55.2 Å². The van der Waals surface area contributed by atoms with Gasteiger partial charge < -0.3 is 9.47 Å². The predicted octanol–water partition coefficient (Wildman–Crippen LogP) is 3.18. The highest BCUT2D eigenvalue weighted by Gasteiger charge is 2.11. The number of ether oxygens (including phenoxy) is 2. The maximum absolute atomic E-state index is 9.41. The Labute approximate surface area is 147 Å². The summed E-state index contributed by atoms with van der Waals surface area (Å²) in [6.07, 6.45) is 3.77. The molecule has 0 aliphatic carbocycles. The smallest absolute Gasteiger partial charge is 0.164 e. The molecule has 2 heterocycles. The molecule has 0 fully saturated rings. The van der Waals surface area contributed by atoms with Crippen molar-refractivity contribution in [2.75, 3.05) is 19.1 Å². The van der Waals surface area contributed by atoms with E-state index in [1.54, 1.807) is 13.3 Å². The SMILES string of the molecule is COCc1cc(C)nc(N/N=C\c2ccc3c(c2)CCCO3)c1C#N. The number of benzene rings is 1. The first-order valence-electron chi connectivity index (χ1n) is 8.15. The lowest BCUT2D eigenvalue weighted by atomic mass is 10.0. The van der Waals surface area contributed by atoms with E-state index in [-0.39, 0.29) is 0 Å². The Kier molecular flexibility index (Phi) is 5.26. The summed E-state index contributed by atoms with van der Waals surface area (Å²) in [5.41, 5.74) is 7.09. The van der Waals surface area contributed by atoms with Crippen molar-refractivity contribution in [2.24, 2.45) is 5.10 Å². The molecule has 0 radical (unpaired) electrons. The third-order valence-corrected chi connectivity index (χ3v) is 3.96. The van der Waals surface area contributed by atoms with Crippen LogP contribution in [-0.2, 0) is 17.8 Å². The number of hydrogen-bond acceptors (Lipinski definition) is 6. The maximum atomic E-state index is 9.41. The second-order valence-electron chi connectivity index (χ2n) is 5.88. The molecule has 6 nitrogen and oxygen atoms in total. The van der Waals surface area contributed by atoms with Crippen molar-refractivity contribution in [3.63, 3.8) is 0 Å². The highest BCUT2D eigenvalue weighted by molar-refractivity contribution is 5.81. The molecule has 25 heavy (non-hydrogen) atoms. The van der Waals surface area contributed by atoms with Gasteiger partial charge in [-0.1, -0.05) is 0 Å². The molecule has 6 heteroatoms. The molecule has 2 aromatic rings. The fourth-order valence-corrected chi connectivity index (χ4v) is 2.84. The van der Waals surface area contributed by atoms with Crippen molar-refractivity contribution in [1.82, 2.24) is 4.98 Å². The van der Waals surface area contributed by atoms with Crippen LogP contribution < -0.4 is 10.2 Å². The first kappa shape index (κ1) is 16.9. The zero-order valence-corrected chi connectivity index (χ0v) is 14.4. The quantitative estimate of drug-likeness (QED) is 0.670. The zero-order valence-electron chi connectivity index (χ0n) is 14.4. The van der Waals surface area contributed by atoms with Crippen LogP contribution in [0.4, 0.5) is 5.82 Å². The largest absolute Gasteiger partial charge is 0.493 e. The van der Waals surface area contributed by atoms with E-state index in [4.69, 9.17) is 9.47 Å². The molecule has 1 aliphatic heterocycles. The van der Waals surface area contributed by atoms with Crippen LogP contribution in [0.15, 0.2) is 29.4 Å². The highest BCUT2D eigenvalue weighted by atomic mass is 16.5. The molecule has 1 aromatic heterocycles. The summed E-state index contributed by atoms with van der Waals surface area (Å²) in [6, 6.07) is 10.0. The van der Waals surface area contributed by atoms with E-state index in [9.17, 15) is 5.26 Å². The monoisotopic (exact) mass is 336 g/mol. The summed E-state index contributed by atoms with van der Waals surface area (Å²) in [6.45, 7) is 3.01. The van der Waals surface area contributed by atoms with Gasteiger partial charge >= 0.3 is 0 Å². The summed E-state index contributed by atoms with van der Waals surface area (Å²) >= 11 is 0. The number of nitrogens with zero attached hydrogens (tertiary/aromatic N) is 3. The Morgan fingerprint density at radius 1 is 1.44 bits per heavy atom. The van der Waals surface area contributed by atoms with Gasteiger partial charge in [0.05, 0.1) is 19.4 Å².